The minimum absolute atomic E-state index is 0.114. The number of halogens is 1. The van der Waals surface area contributed by atoms with Gasteiger partial charge in [0.15, 0.2) is 6.10 Å². The lowest BCUT2D eigenvalue weighted by Gasteiger charge is -2.17. The monoisotopic (exact) mass is 174 g/mol. The van der Waals surface area contributed by atoms with Gasteiger partial charge in [-0.05, 0) is 24.4 Å². The first kappa shape index (κ1) is 7.56. The molecule has 0 radical (unpaired) electrons. The van der Waals surface area contributed by atoms with E-state index in [0.717, 1.165) is 12.8 Å². The summed E-state index contributed by atoms with van der Waals surface area (Å²) in [5.41, 5.74) is -0.114. The second-order valence-electron chi connectivity index (χ2n) is 3.43. The quantitative estimate of drug-likeness (QED) is 0.449. The van der Waals surface area contributed by atoms with Crippen LogP contribution in [0.4, 0.5) is 0 Å². The third kappa shape index (κ3) is 1.18. The highest BCUT2D eigenvalue weighted by atomic mass is 35.5. The maximum Gasteiger partial charge on any atom is 0.253 e. The van der Waals surface area contributed by atoms with E-state index in [1.807, 2.05) is 0 Å². The molecule has 2 rings (SSSR count). The van der Waals surface area contributed by atoms with Crippen LogP contribution in [0.1, 0.15) is 32.1 Å². The minimum atomic E-state index is -0.313. The maximum absolute atomic E-state index is 10.7. The predicted molar refractivity (Wildman–Crippen MR) is 41.5 cm³/mol. The van der Waals surface area contributed by atoms with Gasteiger partial charge in [0.25, 0.3) is 5.24 Å². The van der Waals surface area contributed by atoms with Crippen LogP contribution in [0.3, 0.4) is 0 Å². The van der Waals surface area contributed by atoms with Crippen LogP contribution < -0.4 is 0 Å². The molecule has 62 valence electrons. The molecule has 0 amide bonds. The van der Waals surface area contributed by atoms with Crippen LogP contribution in [0.15, 0.2) is 0 Å². The first-order chi connectivity index (χ1) is 5.25. The van der Waals surface area contributed by atoms with E-state index in [0.29, 0.717) is 0 Å². The Hall–Kier alpha value is -0.0800. The lowest BCUT2D eigenvalue weighted by molar-refractivity contribution is -0.112. The molecule has 0 aromatic carbocycles. The average molecular weight is 175 g/mol. The van der Waals surface area contributed by atoms with Gasteiger partial charge in [-0.1, -0.05) is 19.3 Å². The molecule has 1 aliphatic heterocycles. The Balaban J connectivity index is 1.99. The van der Waals surface area contributed by atoms with Gasteiger partial charge < -0.3 is 4.74 Å². The Bertz CT molecular complexity index is 185. The average Bonchev–Trinajstić information content (AvgIpc) is 2.66. The topological polar surface area (TPSA) is 29.6 Å². The van der Waals surface area contributed by atoms with Gasteiger partial charge in [0.05, 0.1) is 0 Å². The number of rotatable bonds is 1. The molecule has 1 atom stereocenters. The van der Waals surface area contributed by atoms with Gasteiger partial charge in [0.1, 0.15) is 5.60 Å². The van der Waals surface area contributed by atoms with Crippen molar-refractivity contribution >= 4 is 16.8 Å². The summed E-state index contributed by atoms with van der Waals surface area (Å²) < 4.78 is 5.33. The van der Waals surface area contributed by atoms with E-state index < -0.39 is 0 Å². The highest BCUT2D eigenvalue weighted by Crippen LogP contribution is 2.48. The summed E-state index contributed by atoms with van der Waals surface area (Å²) in [6.07, 6.45) is 5.41. The fourth-order valence-corrected chi connectivity index (χ4v) is 2.23. The Morgan fingerprint density at radius 3 is 2.45 bits per heavy atom. The molecule has 2 nitrogen and oxygen atoms in total. The number of hydrogen-bond donors (Lipinski definition) is 0. The zero-order valence-electron chi connectivity index (χ0n) is 6.31. The summed E-state index contributed by atoms with van der Waals surface area (Å²) in [5, 5.41) is -0.313. The number of hydrogen-bond acceptors (Lipinski definition) is 2. The number of ether oxygens (including phenoxy) is 1. The molecule has 0 bridgehead atoms. The molecule has 1 unspecified atom stereocenters. The number of epoxide rings is 1. The van der Waals surface area contributed by atoms with E-state index in [2.05, 4.69) is 0 Å². The van der Waals surface area contributed by atoms with Gasteiger partial charge >= 0.3 is 0 Å². The highest BCUT2D eigenvalue weighted by Gasteiger charge is 2.59. The van der Waals surface area contributed by atoms with Crippen molar-refractivity contribution in [3.63, 3.8) is 0 Å². The Labute approximate surface area is 70.9 Å². The third-order valence-corrected chi connectivity index (χ3v) is 2.88. The molecule has 1 saturated carbocycles. The van der Waals surface area contributed by atoms with Crippen molar-refractivity contribution in [3.05, 3.63) is 0 Å². The fraction of sp³-hybridized carbons (Fsp3) is 0.875. The normalized spacial score (nSPS) is 33.7. The van der Waals surface area contributed by atoms with E-state index >= 15 is 0 Å². The molecule has 1 saturated heterocycles. The standard InChI is InChI=1S/C8H11ClO2/c9-7(10)6-8(11-6)4-2-1-3-5-8/h6H,1-5H2. The summed E-state index contributed by atoms with van der Waals surface area (Å²) in [7, 11) is 0. The molecule has 0 aromatic rings. The molecule has 0 N–H and O–H groups in total. The van der Waals surface area contributed by atoms with Crippen LogP contribution in [0.2, 0.25) is 0 Å². The second kappa shape index (κ2) is 2.46. The number of carbonyl (C=O) groups is 1. The molecular formula is C8H11ClO2. The van der Waals surface area contributed by atoms with Crippen LogP contribution in [-0.2, 0) is 9.53 Å². The second-order valence-corrected chi connectivity index (χ2v) is 3.80. The van der Waals surface area contributed by atoms with Gasteiger partial charge in [-0.2, -0.15) is 0 Å². The molecule has 1 spiro atoms. The molecule has 1 aliphatic carbocycles. The Morgan fingerprint density at radius 2 is 2.00 bits per heavy atom. The van der Waals surface area contributed by atoms with Crippen molar-refractivity contribution in [2.45, 2.75) is 43.8 Å². The summed E-state index contributed by atoms with van der Waals surface area (Å²) >= 11 is 5.33. The largest absolute Gasteiger partial charge is 0.356 e. The molecule has 1 heterocycles. The molecule has 3 heteroatoms. The molecule has 2 aliphatic rings. The van der Waals surface area contributed by atoms with E-state index in [4.69, 9.17) is 16.3 Å². The van der Waals surface area contributed by atoms with Crippen molar-refractivity contribution in [1.82, 2.24) is 0 Å². The SMILES string of the molecule is O=C(Cl)C1OC12CCCCC2. The molecule has 2 fully saturated rings. The zero-order chi connectivity index (χ0) is 7.90. The fourth-order valence-electron chi connectivity index (χ4n) is 1.98. The zero-order valence-corrected chi connectivity index (χ0v) is 7.06. The smallest absolute Gasteiger partial charge is 0.253 e. The lowest BCUT2D eigenvalue weighted by atomic mass is 9.87. The molecule has 0 aromatic heterocycles. The van der Waals surface area contributed by atoms with Gasteiger partial charge in [-0.25, -0.2) is 0 Å². The van der Waals surface area contributed by atoms with E-state index in [-0.39, 0.29) is 16.9 Å². The van der Waals surface area contributed by atoms with Crippen LogP contribution in [0, 0.1) is 0 Å². The van der Waals surface area contributed by atoms with Crippen LogP contribution >= 0.6 is 11.6 Å². The number of carbonyl (C=O) groups excluding carboxylic acids is 1. The third-order valence-electron chi connectivity index (χ3n) is 2.68. The summed E-state index contributed by atoms with van der Waals surface area (Å²) in [6, 6.07) is 0. The van der Waals surface area contributed by atoms with Crippen molar-refractivity contribution in [3.8, 4) is 0 Å². The Morgan fingerprint density at radius 1 is 1.36 bits per heavy atom. The molecule has 11 heavy (non-hydrogen) atoms. The van der Waals surface area contributed by atoms with Gasteiger partial charge in [-0.3, -0.25) is 4.79 Å². The summed E-state index contributed by atoms with van der Waals surface area (Å²) in [5.74, 6) is 0. The van der Waals surface area contributed by atoms with Crippen molar-refractivity contribution in [1.29, 1.82) is 0 Å². The van der Waals surface area contributed by atoms with Crippen molar-refractivity contribution < 1.29 is 9.53 Å². The van der Waals surface area contributed by atoms with E-state index in [1.54, 1.807) is 0 Å². The van der Waals surface area contributed by atoms with Crippen molar-refractivity contribution in [2.75, 3.05) is 0 Å². The molecular weight excluding hydrogens is 164 g/mol. The minimum Gasteiger partial charge on any atom is -0.356 e. The van der Waals surface area contributed by atoms with E-state index in [9.17, 15) is 4.79 Å². The van der Waals surface area contributed by atoms with E-state index in [1.165, 1.54) is 19.3 Å². The van der Waals surface area contributed by atoms with Crippen LogP contribution in [0.5, 0.6) is 0 Å². The highest BCUT2D eigenvalue weighted by molar-refractivity contribution is 6.65. The van der Waals surface area contributed by atoms with Crippen LogP contribution in [0.25, 0.3) is 0 Å². The van der Waals surface area contributed by atoms with Gasteiger partial charge in [0, 0.05) is 0 Å². The van der Waals surface area contributed by atoms with Crippen LogP contribution in [-0.4, -0.2) is 16.9 Å². The Kier molecular flexibility index (Phi) is 1.69. The first-order valence-electron chi connectivity index (χ1n) is 4.12. The predicted octanol–water partition coefficient (Wildman–Crippen LogP) is 1.85. The maximum atomic E-state index is 10.7. The summed E-state index contributed by atoms with van der Waals surface area (Å²) in [4.78, 5) is 10.7. The van der Waals surface area contributed by atoms with Gasteiger partial charge in [0.2, 0.25) is 0 Å². The van der Waals surface area contributed by atoms with Gasteiger partial charge in [-0.15, -0.1) is 0 Å². The lowest BCUT2D eigenvalue weighted by Crippen LogP contribution is -2.21. The van der Waals surface area contributed by atoms with Crippen molar-refractivity contribution in [2.24, 2.45) is 0 Å². The first-order valence-corrected chi connectivity index (χ1v) is 4.50. The summed E-state index contributed by atoms with van der Waals surface area (Å²) in [6.45, 7) is 0.